The Kier molecular flexibility index (Phi) is 3.79. The lowest BCUT2D eigenvalue weighted by Crippen LogP contribution is -2.34. The molecule has 0 heterocycles. The lowest BCUT2D eigenvalue weighted by atomic mass is 9.81. The fourth-order valence-corrected chi connectivity index (χ4v) is 1.24. The molecule has 0 aromatic rings. The van der Waals surface area contributed by atoms with E-state index in [1.165, 1.54) is 20.8 Å². The number of halogens is 3. The van der Waals surface area contributed by atoms with E-state index in [9.17, 15) is 18.3 Å². The van der Waals surface area contributed by atoms with Gasteiger partial charge in [-0.1, -0.05) is 13.8 Å². The van der Waals surface area contributed by atoms with Crippen LogP contribution in [0.1, 0.15) is 34.1 Å². The van der Waals surface area contributed by atoms with Crippen molar-refractivity contribution in [3.05, 3.63) is 0 Å². The van der Waals surface area contributed by atoms with E-state index in [0.717, 1.165) is 0 Å². The van der Waals surface area contributed by atoms with Crippen LogP contribution in [0.15, 0.2) is 0 Å². The molecular weight excluding hydrogens is 181 g/mol. The quantitative estimate of drug-likeness (QED) is 0.739. The molecule has 0 aliphatic heterocycles. The topological polar surface area (TPSA) is 20.2 Å². The molecule has 1 nitrogen and oxygen atoms in total. The molecule has 0 aliphatic rings. The Morgan fingerprint density at radius 3 is 1.77 bits per heavy atom. The third kappa shape index (κ3) is 5.13. The van der Waals surface area contributed by atoms with Gasteiger partial charge in [-0.2, -0.15) is 13.2 Å². The molecule has 0 aliphatic carbocycles. The van der Waals surface area contributed by atoms with E-state index in [0.29, 0.717) is 0 Å². The van der Waals surface area contributed by atoms with Crippen molar-refractivity contribution in [1.29, 1.82) is 0 Å². The van der Waals surface area contributed by atoms with Crippen molar-refractivity contribution in [2.24, 2.45) is 11.8 Å². The fraction of sp³-hybridized carbons (Fsp3) is 1.00. The Morgan fingerprint density at radius 1 is 1.15 bits per heavy atom. The van der Waals surface area contributed by atoms with Crippen LogP contribution in [0, 0.1) is 11.8 Å². The van der Waals surface area contributed by atoms with E-state index in [2.05, 4.69) is 0 Å². The highest BCUT2D eigenvalue weighted by Gasteiger charge is 2.36. The first-order valence-corrected chi connectivity index (χ1v) is 4.33. The van der Waals surface area contributed by atoms with E-state index >= 15 is 0 Å². The van der Waals surface area contributed by atoms with Gasteiger partial charge in [-0.05, 0) is 25.7 Å². The summed E-state index contributed by atoms with van der Waals surface area (Å²) < 4.78 is 35.9. The van der Waals surface area contributed by atoms with Crippen LogP contribution < -0.4 is 0 Å². The van der Waals surface area contributed by atoms with Crippen LogP contribution in [0.5, 0.6) is 0 Å². The van der Waals surface area contributed by atoms with Gasteiger partial charge in [0.2, 0.25) is 0 Å². The Hall–Kier alpha value is -0.250. The zero-order valence-corrected chi connectivity index (χ0v) is 8.44. The molecule has 80 valence electrons. The molecule has 2 atom stereocenters. The summed E-state index contributed by atoms with van der Waals surface area (Å²) in [6, 6.07) is 0. The predicted octanol–water partition coefficient (Wildman–Crippen LogP) is 2.98. The number of hydrogen-bond donors (Lipinski definition) is 1. The molecule has 0 aromatic heterocycles. The summed E-state index contributed by atoms with van der Waals surface area (Å²) >= 11 is 0. The summed E-state index contributed by atoms with van der Waals surface area (Å²) in [6.07, 6.45) is -4.98. The molecule has 4 heteroatoms. The molecule has 2 unspecified atom stereocenters. The van der Waals surface area contributed by atoms with Gasteiger partial charge in [-0.25, -0.2) is 0 Å². The standard InChI is InChI=1S/C9H17F3O/c1-6(5-9(10,11)12)7(2)8(3,4)13/h6-7,13H,5H2,1-4H3. The maximum Gasteiger partial charge on any atom is 0.389 e. The van der Waals surface area contributed by atoms with Crippen molar-refractivity contribution in [2.75, 3.05) is 0 Å². The molecule has 0 bridgehead atoms. The first-order valence-electron chi connectivity index (χ1n) is 4.33. The van der Waals surface area contributed by atoms with Crippen LogP contribution in [0.25, 0.3) is 0 Å². The molecule has 0 spiro atoms. The molecule has 1 N–H and O–H groups in total. The molecule has 0 saturated heterocycles. The number of aliphatic hydroxyl groups is 1. The van der Waals surface area contributed by atoms with E-state index in [1.54, 1.807) is 6.92 Å². The largest absolute Gasteiger partial charge is 0.390 e. The van der Waals surface area contributed by atoms with Crippen molar-refractivity contribution >= 4 is 0 Å². The lowest BCUT2D eigenvalue weighted by Gasteiger charge is -2.31. The third-order valence-electron chi connectivity index (χ3n) is 2.52. The minimum Gasteiger partial charge on any atom is -0.390 e. The molecule has 13 heavy (non-hydrogen) atoms. The first-order chi connectivity index (χ1) is 5.54. The highest BCUT2D eigenvalue weighted by atomic mass is 19.4. The minimum absolute atomic E-state index is 0.367. The second-order valence-electron chi connectivity index (χ2n) is 4.24. The van der Waals surface area contributed by atoms with E-state index < -0.39 is 24.1 Å². The van der Waals surface area contributed by atoms with Crippen molar-refractivity contribution in [2.45, 2.75) is 45.9 Å². The summed E-state index contributed by atoms with van der Waals surface area (Å²) in [5.41, 5.74) is -1.05. The molecular formula is C9H17F3O. The minimum atomic E-state index is -4.14. The highest BCUT2D eigenvalue weighted by molar-refractivity contribution is 4.79. The Balaban J connectivity index is 4.20. The second-order valence-corrected chi connectivity index (χ2v) is 4.24. The number of alkyl halides is 3. The summed E-state index contributed by atoms with van der Waals surface area (Å²) in [6.45, 7) is 6.21. The summed E-state index contributed by atoms with van der Waals surface area (Å²) in [4.78, 5) is 0. The monoisotopic (exact) mass is 198 g/mol. The van der Waals surface area contributed by atoms with Gasteiger partial charge in [-0.3, -0.25) is 0 Å². The Bertz CT molecular complexity index is 157. The van der Waals surface area contributed by atoms with Crippen LogP contribution in [-0.2, 0) is 0 Å². The molecule has 0 fully saturated rings. The maximum absolute atomic E-state index is 12.0. The Labute approximate surface area is 76.9 Å². The average Bonchev–Trinajstić information content (AvgIpc) is 1.79. The van der Waals surface area contributed by atoms with Crippen molar-refractivity contribution in [3.63, 3.8) is 0 Å². The van der Waals surface area contributed by atoms with Crippen LogP contribution in [0.4, 0.5) is 13.2 Å². The van der Waals surface area contributed by atoms with E-state index in [4.69, 9.17) is 0 Å². The zero-order valence-electron chi connectivity index (χ0n) is 8.44. The third-order valence-corrected chi connectivity index (χ3v) is 2.52. The molecule has 0 radical (unpaired) electrons. The summed E-state index contributed by atoms with van der Waals surface area (Å²) in [5.74, 6) is -0.922. The van der Waals surface area contributed by atoms with Gasteiger partial charge in [0.25, 0.3) is 0 Å². The normalized spacial score (nSPS) is 18.5. The van der Waals surface area contributed by atoms with E-state index in [1.807, 2.05) is 0 Å². The van der Waals surface area contributed by atoms with Crippen LogP contribution in [0.2, 0.25) is 0 Å². The number of rotatable bonds is 3. The van der Waals surface area contributed by atoms with Crippen LogP contribution in [0.3, 0.4) is 0 Å². The zero-order chi connectivity index (χ0) is 10.9. The van der Waals surface area contributed by atoms with Crippen molar-refractivity contribution in [3.8, 4) is 0 Å². The smallest absolute Gasteiger partial charge is 0.389 e. The maximum atomic E-state index is 12.0. The van der Waals surface area contributed by atoms with Crippen LogP contribution >= 0.6 is 0 Å². The molecule has 0 aromatic carbocycles. The Morgan fingerprint density at radius 2 is 1.54 bits per heavy atom. The van der Waals surface area contributed by atoms with Crippen molar-refractivity contribution < 1.29 is 18.3 Å². The lowest BCUT2D eigenvalue weighted by molar-refractivity contribution is -0.152. The average molecular weight is 198 g/mol. The van der Waals surface area contributed by atoms with Gasteiger partial charge in [0.1, 0.15) is 0 Å². The van der Waals surface area contributed by atoms with Gasteiger partial charge in [-0.15, -0.1) is 0 Å². The molecule has 0 amide bonds. The van der Waals surface area contributed by atoms with Gasteiger partial charge in [0, 0.05) is 6.42 Å². The van der Waals surface area contributed by atoms with Crippen LogP contribution in [-0.4, -0.2) is 16.9 Å². The first kappa shape index (κ1) is 12.8. The fourth-order valence-electron chi connectivity index (χ4n) is 1.24. The molecule has 0 saturated carbocycles. The summed E-state index contributed by atoms with van der Waals surface area (Å²) in [7, 11) is 0. The van der Waals surface area contributed by atoms with Gasteiger partial charge in [0.05, 0.1) is 5.60 Å². The van der Waals surface area contributed by atoms with Gasteiger partial charge in [0.15, 0.2) is 0 Å². The SMILES string of the molecule is CC(CC(F)(F)F)C(C)C(C)(C)O. The molecule has 0 rings (SSSR count). The highest BCUT2D eigenvalue weighted by Crippen LogP contribution is 2.33. The predicted molar refractivity (Wildman–Crippen MR) is 45.3 cm³/mol. The van der Waals surface area contributed by atoms with E-state index in [-0.39, 0.29) is 5.92 Å². The summed E-state index contributed by atoms with van der Waals surface area (Å²) in [5, 5.41) is 9.49. The van der Waals surface area contributed by atoms with Gasteiger partial charge >= 0.3 is 6.18 Å². The van der Waals surface area contributed by atoms with Crippen molar-refractivity contribution in [1.82, 2.24) is 0 Å². The second kappa shape index (κ2) is 3.86. The number of hydrogen-bond acceptors (Lipinski definition) is 1. The van der Waals surface area contributed by atoms with Gasteiger partial charge < -0.3 is 5.11 Å².